The molecule has 0 aromatic carbocycles. The molecule has 15 heavy (non-hydrogen) atoms. The van der Waals surface area contributed by atoms with E-state index in [2.05, 4.69) is 10.1 Å². The maximum Gasteiger partial charge on any atom is 0.417 e. The van der Waals surface area contributed by atoms with Crippen LogP contribution in [0.3, 0.4) is 0 Å². The van der Waals surface area contributed by atoms with Crippen molar-refractivity contribution in [1.29, 1.82) is 0 Å². The Hall–Kier alpha value is -1.59. The summed E-state index contributed by atoms with van der Waals surface area (Å²) in [6, 6.07) is 2.25. The van der Waals surface area contributed by atoms with Gasteiger partial charge in [0.15, 0.2) is 0 Å². The minimum Gasteiger partial charge on any atom is -0.251 e. The number of alkyl halides is 3. The molecule has 0 N–H and O–H groups in total. The highest BCUT2D eigenvalue weighted by Crippen LogP contribution is 2.29. The fourth-order valence-electron chi connectivity index (χ4n) is 0.978. The highest BCUT2D eigenvalue weighted by Gasteiger charge is 2.30. The molecule has 0 bridgehead atoms. The van der Waals surface area contributed by atoms with E-state index in [9.17, 15) is 13.2 Å². The molecule has 82 valence electrons. The average Bonchev–Trinajstić information content (AvgIpc) is 2.17. The van der Waals surface area contributed by atoms with Gasteiger partial charge in [-0.3, -0.25) is 5.01 Å². The second-order valence-electron chi connectivity index (χ2n) is 2.80. The Kier molecular flexibility index (Phi) is 3.28. The van der Waals surface area contributed by atoms with Crippen molar-refractivity contribution in [2.24, 2.45) is 5.10 Å². The summed E-state index contributed by atoms with van der Waals surface area (Å²) in [7, 11) is 1.61. The van der Waals surface area contributed by atoms with Crippen LogP contribution in [0.1, 0.15) is 12.5 Å². The third-order valence-electron chi connectivity index (χ3n) is 1.70. The van der Waals surface area contributed by atoms with Crippen LogP contribution in [-0.2, 0) is 6.18 Å². The maximum atomic E-state index is 12.2. The predicted molar refractivity (Wildman–Crippen MR) is 51.8 cm³/mol. The third-order valence-corrected chi connectivity index (χ3v) is 1.70. The molecule has 1 aromatic rings. The molecule has 3 nitrogen and oxygen atoms in total. The van der Waals surface area contributed by atoms with E-state index < -0.39 is 11.7 Å². The normalized spacial score (nSPS) is 12.1. The van der Waals surface area contributed by atoms with Crippen molar-refractivity contribution in [1.82, 2.24) is 4.98 Å². The largest absolute Gasteiger partial charge is 0.417 e. The first-order valence-corrected chi connectivity index (χ1v) is 4.20. The van der Waals surface area contributed by atoms with Crippen LogP contribution in [0.4, 0.5) is 19.0 Å². The van der Waals surface area contributed by atoms with Gasteiger partial charge in [0.2, 0.25) is 0 Å². The minimum atomic E-state index is -4.35. The van der Waals surface area contributed by atoms with Gasteiger partial charge in [-0.15, -0.1) is 0 Å². The first-order chi connectivity index (χ1) is 6.95. The van der Waals surface area contributed by atoms with Crippen LogP contribution in [0.2, 0.25) is 0 Å². The van der Waals surface area contributed by atoms with Crippen molar-refractivity contribution >= 4 is 12.0 Å². The molecule has 0 amide bonds. The van der Waals surface area contributed by atoms with Crippen molar-refractivity contribution in [3.05, 3.63) is 23.9 Å². The van der Waals surface area contributed by atoms with Gasteiger partial charge in [-0.1, -0.05) is 0 Å². The number of hydrazone groups is 1. The van der Waals surface area contributed by atoms with E-state index in [1.54, 1.807) is 14.0 Å². The Labute approximate surface area is 85.2 Å². The van der Waals surface area contributed by atoms with Crippen LogP contribution < -0.4 is 5.01 Å². The Bertz CT molecular complexity index is 343. The van der Waals surface area contributed by atoms with Crippen molar-refractivity contribution in [3.63, 3.8) is 0 Å². The van der Waals surface area contributed by atoms with Crippen molar-refractivity contribution in [2.75, 3.05) is 12.1 Å². The van der Waals surface area contributed by atoms with Gasteiger partial charge in [0, 0.05) is 19.5 Å². The molecule has 0 fully saturated rings. The second-order valence-corrected chi connectivity index (χ2v) is 2.80. The molecule has 0 atom stereocenters. The Morgan fingerprint density at radius 1 is 1.40 bits per heavy atom. The number of hydrogen-bond donors (Lipinski definition) is 0. The predicted octanol–water partition coefficient (Wildman–Crippen LogP) is 2.54. The molecule has 0 aliphatic carbocycles. The summed E-state index contributed by atoms with van der Waals surface area (Å²) < 4.78 is 36.6. The SMILES string of the molecule is CC=NN(C)c1ccc(C(F)(F)F)cn1. The quantitative estimate of drug-likeness (QED) is 0.562. The van der Waals surface area contributed by atoms with Crippen LogP contribution in [0.5, 0.6) is 0 Å². The molecule has 0 saturated heterocycles. The van der Waals surface area contributed by atoms with E-state index in [0.29, 0.717) is 5.82 Å². The first kappa shape index (κ1) is 11.5. The number of aromatic nitrogens is 1. The molecule has 1 heterocycles. The smallest absolute Gasteiger partial charge is 0.251 e. The van der Waals surface area contributed by atoms with Crippen molar-refractivity contribution < 1.29 is 13.2 Å². The molecule has 0 saturated carbocycles. The van der Waals surface area contributed by atoms with Crippen LogP contribution in [-0.4, -0.2) is 18.2 Å². The van der Waals surface area contributed by atoms with Gasteiger partial charge in [-0.2, -0.15) is 18.3 Å². The van der Waals surface area contributed by atoms with Gasteiger partial charge in [-0.25, -0.2) is 4.98 Å². The summed E-state index contributed by atoms with van der Waals surface area (Å²) in [5, 5.41) is 5.24. The number of hydrogen-bond acceptors (Lipinski definition) is 3. The molecule has 1 rings (SSSR count). The molecule has 6 heteroatoms. The molecular formula is C9H10F3N3. The number of nitrogens with zero attached hydrogens (tertiary/aromatic N) is 3. The zero-order valence-electron chi connectivity index (χ0n) is 8.28. The third kappa shape index (κ3) is 2.93. The minimum absolute atomic E-state index is 0.362. The van der Waals surface area contributed by atoms with Crippen LogP contribution >= 0.6 is 0 Å². The number of halogens is 3. The van der Waals surface area contributed by atoms with Gasteiger partial charge in [0.1, 0.15) is 5.82 Å². The van der Waals surface area contributed by atoms with Crippen LogP contribution in [0, 0.1) is 0 Å². The van der Waals surface area contributed by atoms with E-state index >= 15 is 0 Å². The van der Waals surface area contributed by atoms with Gasteiger partial charge in [0.05, 0.1) is 5.56 Å². The summed E-state index contributed by atoms with van der Waals surface area (Å²) in [4.78, 5) is 3.66. The van der Waals surface area contributed by atoms with Crippen LogP contribution in [0.25, 0.3) is 0 Å². The fraction of sp³-hybridized carbons (Fsp3) is 0.333. The number of rotatable bonds is 2. The Balaban J connectivity index is 2.90. The van der Waals surface area contributed by atoms with Crippen molar-refractivity contribution in [2.45, 2.75) is 13.1 Å². The Morgan fingerprint density at radius 3 is 2.47 bits per heavy atom. The highest BCUT2D eigenvalue weighted by atomic mass is 19.4. The van der Waals surface area contributed by atoms with E-state index in [0.717, 1.165) is 12.3 Å². The molecular weight excluding hydrogens is 207 g/mol. The van der Waals surface area contributed by atoms with E-state index in [1.165, 1.54) is 17.3 Å². The van der Waals surface area contributed by atoms with Gasteiger partial charge < -0.3 is 0 Å². The zero-order valence-corrected chi connectivity index (χ0v) is 8.28. The molecule has 0 aliphatic rings. The fourth-order valence-corrected chi connectivity index (χ4v) is 0.978. The standard InChI is InChI=1S/C9H10F3N3/c1-3-14-15(2)8-5-4-7(6-13-8)9(10,11)12/h3-6H,1-2H3. The van der Waals surface area contributed by atoms with Gasteiger partial charge >= 0.3 is 6.18 Å². The maximum absolute atomic E-state index is 12.2. The first-order valence-electron chi connectivity index (χ1n) is 4.20. The highest BCUT2D eigenvalue weighted by molar-refractivity contribution is 5.56. The zero-order chi connectivity index (χ0) is 11.5. The van der Waals surface area contributed by atoms with Gasteiger partial charge in [0.25, 0.3) is 0 Å². The average molecular weight is 217 g/mol. The Morgan fingerprint density at radius 2 is 2.07 bits per heavy atom. The van der Waals surface area contributed by atoms with Crippen LogP contribution in [0.15, 0.2) is 23.4 Å². The second kappa shape index (κ2) is 4.29. The lowest BCUT2D eigenvalue weighted by molar-refractivity contribution is -0.137. The van der Waals surface area contributed by atoms with E-state index in [4.69, 9.17) is 0 Å². The summed E-state index contributed by atoms with van der Waals surface area (Å²) >= 11 is 0. The molecule has 0 unspecified atom stereocenters. The molecule has 0 spiro atoms. The molecule has 0 aliphatic heterocycles. The monoisotopic (exact) mass is 217 g/mol. The topological polar surface area (TPSA) is 28.5 Å². The van der Waals surface area contributed by atoms with E-state index in [-0.39, 0.29) is 0 Å². The van der Waals surface area contributed by atoms with Gasteiger partial charge in [-0.05, 0) is 19.1 Å². The summed E-state index contributed by atoms with van der Waals surface area (Å²) in [5.74, 6) is 0.362. The number of pyridine rings is 1. The number of anilines is 1. The lowest BCUT2D eigenvalue weighted by Gasteiger charge is -2.12. The van der Waals surface area contributed by atoms with Crippen molar-refractivity contribution in [3.8, 4) is 0 Å². The summed E-state index contributed by atoms with van der Waals surface area (Å²) in [6.07, 6.45) is -2.03. The molecule has 1 aromatic heterocycles. The lowest BCUT2D eigenvalue weighted by Crippen LogP contribution is -2.11. The van der Waals surface area contributed by atoms with E-state index in [1.807, 2.05) is 0 Å². The summed E-state index contributed by atoms with van der Waals surface area (Å²) in [6.45, 7) is 1.71. The molecule has 0 radical (unpaired) electrons. The summed E-state index contributed by atoms with van der Waals surface area (Å²) in [5.41, 5.74) is -0.764. The lowest BCUT2D eigenvalue weighted by atomic mass is 10.3.